The third kappa shape index (κ3) is 1.54. The Kier molecular flexibility index (Phi) is 2.08. The number of pyridine rings is 1. The van der Waals surface area contributed by atoms with Gasteiger partial charge in [0.25, 0.3) is 0 Å². The molecular weight excluding hydrogens is 212 g/mol. The predicted molar refractivity (Wildman–Crippen MR) is 68.4 cm³/mol. The van der Waals surface area contributed by atoms with Gasteiger partial charge in [0, 0.05) is 18.9 Å². The number of aromatic nitrogens is 3. The topological polar surface area (TPSA) is 56.7 Å². The summed E-state index contributed by atoms with van der Waals surface area (Å²) in [5, 5.41) is 0. The number of fused-ring (bicyclic) bond motifs is 1. The van der Waals surface area contributed by atoms with Crippen molar-refractivity contribution < 1.29 is 0 Å². The second kappa shape index (κ2) is 3.59. The van der Waals surface area contributed by atoms with Crippen LogP contribution in [0.4, 0.5) is 5.69 Å². The number of nitrogens with zero attached hydrogens (tertiary/aromatic N) is 3. The number of anilines is 1. The van der Waals surface area contributed by atoms with Gasteiger partial charge in [0.1, 0.15) is 5.69 Å². The molecule has 0 unspecified atom stereocenters. The normalized spacial score (nSPS) is 10.9. The lowest BCUT2D eigenvalue weighted by molar-refractivity contribution is 0.950. The first kappa shape index (κ1) is 9.84. The Balaban J connectivity index is 2.28. The highest BCUT2D eigenvalue weighted by Gasteiger charge is 2.10. The van der Waals surface area contributed by atoms with Crippen molar-refractivity contribution in [2.45, 2.75) is 0 Å². The molecule has 1 aromatic carbocycles. The molecule has 0 radical (unpaired) electrons. The van der Waals surface area contributed by atoms with Crippen LogP contribution in [0.25, 0.3) is 22.6 Å². The summed E-state index contributed by atoms with van der Waals surface area (Å²) in [6, 6.07) is 11.5. The molecule has 0 atom stereocenters. The largest absolute Gasteiger partial charge is 0.399 e. The maximum Gasteiger partial charge on any atom is 0.159 e. The molecule has 0 amide bonds. The molecule has 0 aliphatic rings. The molecular formula is C13H12N4. The van der Waals surface area contributed by atoms with Crippen LogP contribution >= 0.6 is 0 Å². The van der Waals surface area contributed by atoms with Crippen LogP contribution in [0.3, 0.4) is 0 Å². The zero-order valence-electron chi connectivity index (χ0n) is 9.46. The van der Waals surface area contributed by atoms with Crippen LogP contribution in [0.1, 0.15) is 0 Å². The molecule has 0 saturated heterocycles. The summed E-state index contributed by atoms with van der Waals surface area (Å²) in [6.45, 7) is 0. The minimum absolute atomic E-state index is 0.744. The van der Waals surface area contributed by atoms with E-state index in [1.807, 2.05) is 48.0 Å². The number of hydrogen-bond acceptors (Lipinski definition) is 3. The van der Waals surface area contributed by atoms with Crippen LogP contribution in [0.5, 0.6) is 0 Å². The zero-order chi connectivity index (χ0) is 11.8. The highest BCUT2D eigenvalue weighted by atomic mass is 15.1. The van der Waals surface area contributed by atoms with E-state index < -0.39 is 0 Å². The summed E-state index contributed by atoms with van der Waals surface area (Å²) in [4.78, 5) is 8.88. The van der Waals surface area contributed by atoms with Gasteiger partial charge in [-0.15, -0.1) is 0 Å². The molecule has 2 N–H and O–H groups in total. The van der Waals surface area contributed by atoms with Crippen LogP contribution in [-0.2, 0) is 7.05 Å². The van der Waals surface area contributed by atoms with E-state index in [1.165, 1.54) is 0 Å². The SMILES string of the molecule is Cn1c(-c2ccccn2)nc2ccc(N)cc21. The van der Waals surface area contributed by atoms with Gasteiger partial charge in [-0.1, -0.05) is 6.07 Å². The van der Waals surface area contributed by atoms with Crippen molar-refractivity contribution in [3.05, 3.63) is 42.6 Å². The Hall–Kier alpha value is -2.36. The Morgan fingerprint density at radius 1 is 1.18 bits per heavy atom. The van der Waals surface area contributed by atoms with Crippen molar-refractivity contribution in [3.8, 4) is 11.5 Å². The van der Waals surface area contributed by atoms with Crippen LogP contribution in [0.15, 0.2) is 42.6 Å². The molecule has 0 saturated carbocycles. The standard InChI is InChI=1S/C13H12N4/c1-17-12-8-9(14)5-6-10(12)16-13(17)11-4-2-3-7-15-11/h2-8H,14H2,1H3. The molecule has 0 aliphatic heterocycles. The molecule has 4 nitrogen and oxygen atoms in total. The number of benzene rings is 1. The molecule has 2 heterocycles. The summed E-state index contributed by atoms with van der Waals surface area (Å²) >= 11 is 0. The van der Waals surface area contributed by atoms with Crippen LogP contribution in [0.2, 0.25) is 0 Å². The second-order valence-corrected chi connectivity index (χ2v) is 3.96. The van der Waals surface area contributed by atoms with E-state index in [9.17, 15) is 0 Å². The summed E-state index contributed by atoms with van der Waals surface area (Å²) < 4.78 is 2.01. The number of aryl methyl sites for hydroxylation is 1. The Morgan fingerprint density at radius 2 is 2.06 bits per heavy atom. The van der Waals surface area contributed by atoms with E-state index >= 15 is 0 Å². The van der Waals surface area contributed by atoms with E-state index in [0.29, 0.717) is 0 Å². The fourth-order valence-corrected chi connectivity index (χ4v) is 1.93. The lowest BCUT2D eigenvalue weighted by Crippen LogP contribution is -1.94. The van der Waals surface area contributed by atoms with Gasteiger partial charge in [0.15, 0.2) is 5.82 Å². The predicted octanol–water partition coefficient (Wildman–Crippen LogP) is 2.22. The van der Waals surface area contributed by atoms with Crippen molar-refractivity contribution >= 4 is 16.7 Å². The lowest BCUT2D eigenvalue weighted by Gasteiger charge is -2.01. The van der Waals surface area contributed by atoms with Gasteiger partial charge in [-0.3, -0.25) is 4.98 Å². The third-order valence-corrected chi connectivity index (χ3v) is 2.80. The van der Waals surface area contributed by atoms with E-state index in [0.717, 1.165) is 28.2 Å². The van der Waals surface area contributed by atoms with Gasteiger partial charge < -0.3 is 10.3 Å². The molecule has 0 spiro atoms. The fraction of sp³-hybridized carbons (Fsp3) is 0.0769. The van der Waals surface area contributed by atoms with Gasteiger partial charge >= 0.3 is 0 Å². The van der Waals surface area contributed by atoms with Gasteiger partial charge in [-0.05, 0) is 30.3 Å². The lowest BCUT2D eigenvalue weighted by atomic mass is 10.3. The maximum absolute atomic E-state index is 5.78. The summed E-state index contributed by atoms with van der Waals surface area (Å²) in [7, 11) is 1.97. The van der Waals surface area contributed by atoms with Crippen LogP contribution in [0, 0.1) is 0 Å². The Bertz CT molecular complexity index is 670. The Morgan fingerprint density at radius 3 is 2.82 bits per heavy atom. The number of hydrogen-bond donors (Lipinski definition) is 1. The van der Waals surface area contributed by atoms with Gasteiger partial charge in [-0.25, -0.2) is 4.98 Å². The van der Waals surface area contributed by atoms with E-state index in [-0.39, 0.29) is 0 Å². The van der Waals surface area contributed by atoms with Crippen LogP contribution in [-0.4, -0.2) is 14.5 Å². The van der Waals surface area contributed by atoms with Gasteiger partial charge in [-0.2, -0.15) is 0 Å². The highest BCUT2D eigenvalue weighted by molar-refractivity contribution is 5.82. The van der Waals surface area contributed by atoms with Gasteiger partial charge in [0.2, 0.25) is 0 Å². The monoisotopic (exact) mass is 224 g/mol. The van der Waals surface area contributed by atoms with Crippen molar-refractivity contribution in [1.29, 1.82) is 0 Å². The highest BCUT2D eigenvalue weighted by Crippen LogP contribution is 2.23. The van der Waals surface area contributed by atoms with Gasteiger partial charge in [0.05, 0.1) is 11.0 Å². The number of rotatable bonds is 1. The molecule has 4 heteroatoms. The van der Waals surface area contributed by atoms with Crippen molar-refractivity contribution in [1.82, 2.24) is 14.5 Å². The zero-order valence-corrected chi connectivity index (χ0v) is 9.46. The van der Waals surface area contributed by atoms with Crippen LogP contribution < -0.4 is 5.73 Å². The van der Waals surface area contributed by atoms with Crippen molar-refractivity contribution in [2.24, 2.45) is 7.05 Å². The Labute approximate surface area is 98.7 Å². The molecule has 0 fully saturated rings. The third-order valence-electron chi connectivity index (χ3n) is 2.80. The molecule has 3 aromatic rings. The minimum atomic E-state index is 0.744. The molecule has 0 aliphatic carbocycles. The van der Waals surface area contributed by atoms with Crippen molar-refractivity contribution in [3.63, 3.8) is 0 Å². The molecule has 2 aromatic heterocycles. The van der Waals surface area contributed by atoms with E-state index in [2.05, 4.69) is 9.97 Å². The average Bonchev–Trinajstić information content (AvgIpc) is 2.68. The van der Waals surface area contributed by atoms with Crippen molar-refractivity contribution in [2.75, 3.05) is 5.73 Å². The van der Waals surface area contributed by atoms with E-state index in [4.69, 9.17) is 5.73 Å². The first-order chi connectivity index (χ1) is 8.25. The first-order valence-electron chi connectivity index (χ1n) is 5.39. The number of imidazole rings is 1. The second-order valence-electron chi connectivity index (χ2n) is 3.96. The molecule has 17 heavy (non-hydrogen) atoms. The quantitative estimate of drug-likeness (QED) is 0.645. The number of nitrogens with two attached hydrogens (primary N) is 1. The minimum Gasteiger partial charge on any atom is -0.399 e. The molecule has 84 valence electrons. The first-order valence-corrected chi connectivity index (χ1v) is 5.39. The molecule has 0 bridgehead atoms. The fourth-order valence-electron chi connectivity index (χ4n) is 1.93. The van der Waals surface area contributed by atoms with E-state index in [1.54, 1.807) is 6.20 Å². The average molecular weight is 224 g/mol. The summed E-state index contributed by atoms with van der Waals surface area (Å²) in [5.74, 6) is 0.853. The summed E-state index contributed by atoms with van der Waals surface area (Å²) in [5.41, 5.74) is 9.34. The summed E-state index contributed by atoms with van der Waals surface area (Å²) in [6.07, 6.45) is 1.77. The number of nitrogen functional groups attached to an aromatic ring is 1. The molecule has 3 rings (SSSR count). The smallest absolute Gasteiger partial charge is 0.159 e. The maximum atomic E-state index is 5.78.